The van der Waals surface area contributed by atoms with Crippen LogP contribution in [-0.2, 0) is 0 Å². The molecule has 1 aliphatic rings. The van der Waals surface area contributed by atoms with Crippen molar-refractivity contribution in [2.45, 2.75) is 44.8 Å². The van der Waals surface area contributed by atoms with Gasteiger partial charge in [-0.3, -0.25) is 11.3 Å². The molecule has 1 heterocycles. The molecule has 0 radical (unpaired) electrons. The van der Waals surface area contributed by atoms with Gasteiger partial charge in [0.05, 0.1) is 12.0 Å². The van der Waals surface area contributed by atoms with Crippen LogP contribution in [0.3, 0.4) is 0 Å². The number of halogens is 3. The smallest absolute Gasteiger partial charge is 0.271 e. The summed E-state index contributed by atoms with van der Waals surface area (Å²) in [4.78, 5) is 2.00. The molecular formula is C13H19F3N2S. The van der Waals surface area contributed by atoms with Crippen molar-refractivity contribution in [3.05, 3.63) is 21.9 Å². The Morgan fingerprint density at radius 3 is 2.53 bits per heavy atom. The van der Waals surface area contributed by atoms with Crippen molar-refractivity contribution in [2.75, 3.05) is 0 Å². The summed E-state index contributed by atoms with van der Waals surface area (Å²) >= 11 is 1.52. The van der Waals surface area contributed by atoms with Crippen LogP contribution >= 0.6 is 11.3 Å². The van der Waals surface area contributed by atoms with E-state index in [1.165, 1.54) is 11.3 Å². The third kappa shape index (κ3) is 3.30. The average Bonchev–Trinajstić information content (AvgIpc) is 2.76. The van der Waals surface area contributed by atoms with E-state index in [-0.39, 0.29) is 6.42 Å². The number of nitrogens with two attached hydrogens (primary N) is 1. The number of rotatable bonds is 3. The van der Waals surface area contributed by atoms with Gasteiger partial charge in [0.15, 0.2) is 0 Å². The minimum Gasteiger partial charge on any atom is -0.271 e. The number of hydrogen-bond acceptors (Lipinski definition) is 3. The second kappa shape index (κ2) is 5.81. The van der Waals surface area contributed by atoms with Crippen LogP contribution in [0.4, 0.5) is 13.2 Å². The van der Waals surface area contributed by atoms with Gasteiger partial charge in [-0.05, 0) is 37.8 Å². The Bertz CT molecular complexity index is 416. The zero-order valence-corrected chi connectivity index (χ0v) is 11.7. The summed E-state index contributed by atoms with van der Waals surface area (Å²) in [6.45, 7) is 1.95. The van der Waals surface area contributed by atoms with Crippen LogP contribution in [0.5, 0.6) is 0 Å². The van der Waals surface area contributed by atoms with Gasteiger partial charge < -0.3 is 0 Å². The van der Waals surface area contributed by atoms with Gasteiger partial charge in [0.2, 0.25) is 0 Å². The number of hydrazine groups is 1. The third-order valence-corrected chi connectivity index (χ3v) is 5.00. The topological polar surface area (TPSA) is 38.0 Å². The van der Waals surface area contributed by atoms with Crippen molar-refractivity contribution >= 4 is 11.3 Å². The van der Waals surface area contributed by atoms with Gasteiger partial charge >= 0.3 is 6.18 Å². The number of aryl methyl sites for hydroxylation is 1. The number of nitrogens with one attached hydrogen (secondary N) is 1. The van der Waals surface area contributed by atoms with Crippen LogP contribution < -0.4 is 11.3 Å². The van der Waals surface area contributed by atoms with Gasteiger partial charge in [-0.15, -0.1) is 11.3 Å². The predicted molar refractivity (Wildman–Crippen MR) is 70.6 cm³/mol. The summed E-state index contributed by atoms with van der Waals surface area (Å²) in [7, 11) is 0. The molecule has 0 aliphatic heterocycles. The lowest BCUT2D eigenvalue weighted by atomic mass is 9.74. The zero-order chi connectivity index (χ0) is 14.0. The quantitative estimate of drug-likeness (QED) is 0.654. The van der Waals surface area contributed by atoms with Crippen molar-refractivity contribution in [1.82, 2.24) is 5.43 Å². The second-order valence-corrected chi connectivity index (χ2v) is 6.51. The zero-order valence-electron chi connectivity index (χ0n) is 10.8. The molecule has 1 aromatic rings. The summed E-state index contributed by atoms with van der Waals surface area (Å²) in [6, 6.07) is 3.41. The van der Waals surface area contributed by atoms with Gasteiger partial charge in [0.25, 0.3) is 0 Å². The highest BCUT2D eigenvalue weighted by Gasteiger charge is 2.48. The van der Waals surface area contributed by atoms with E-state index in [0.717, 1.165) is 16.2 Å². The maximum Gasteiger partial charge on any atom is 0.392 e. The molecule has 3 atom stereocenters. The van der Waals surface area contributed by atoms with Gasteiger partial charge in [-0.25, -0.2) is 0 Å². The van der Waals surface area contributed by atoms with Crippen molar-refractivity contribution in [1.29, 1.82) is 0 Å². The summed E-state index contributed by atoms with van der Waals surface area (Å²) in [5.74, 6) is 3.83. The normalized spacial score (nSPS) is 26.4. The van der Waals surface area contributed by atoms with Crippen LogP contribution in [0.25, 0.3) is 0 Å². The summed E-state index contributed by atoms with van der Waals surface area (Å²) in [5, 5.41) is 0. The minimum atomic E-state index is -4.13. The lowest BCUT2D eigenvalue weighted by Gasteiger charge is -2.37. The maximum absolute atomic E-state index is 13.1. The molecule has 0 aromatic carbocycles. The highest BCUT2D eigenvalue weighted by molar-refractivity contribution is 7.12. The lowest BCUT2D eigenvalue weighted by Crippen LogP contribution is -2.42. The molecule has 0 spiro atoms. The first kappa shape index (κ1) is 14.8. The van der Waals surface area contributed by atoms with E-state index in [0.29, 0.717) is 12.8 Å². The van der Waals surface area contributed by atoms with E-state index in [1.807, 2.05) is 19.1 Å². The van der Waals surface area contributed by atoms with Crippen molar-refractivity contribution in [3.8, 4) is 0 Å². The van der Waals surface area contributed by atoms with E-state index in [9.17, 15) is 13.2 Å². The molecule has 1 fully saturated rings. The molecule has 1 aromatic heterocycles. The molecule has 3 unspecified atom stereocenters. The van der Waals surface area contributed by atoms with Crippen LogP contribution in [0.1, 0.15) is 41.5 Å². The molecule has 19 heavy (non-hydrogen) atoms. The molecule has 0 amide bonds. The summed E-state index contributed by atoms with van der Waals surface area (Å²) in [5.41, 5.74) is 2.61. The molecule has 6 heteroatoms. The monoisotopic (exact) mass is 292 g/mol. The molecule has 1 aliphatic carbocycles. The highest BCUT2D eigenvalue weighted by atomic mass is 32.1. The van der Waals surface area contributed by atoms with Gasteiger partial charge in [0.1, 0.15) is 0 Å². The molecule has 0 saturated heterocycles. The first-order chi connectivity index (χ1) is 8.93. The van der Waals surface area contributed by atoms with Crippen LogP contribution in [0.2, 0.25) is 0 Å². The van der Waals surface area contributed by atoms with E-state index >= 15 is 0 Å². The van der Waals surface area contributed by atoms with Crippen molar-refractivity contribution in [2.24, 2.45) is 17.7 Å². The molecular weight excluding hydrogens is 273 g/mol. The Kier molecular flexibility index (Phi) is 4.53. The number of hydrogen-bond donors (Lipinski definition) is 2. The Hall–Kier alpha value is -0.590. The number of thiophene rings is 1. The molecule has 2 rings (SSSR count). The van der Waals surface area contributed by atoms with E-state index < -0.39 is 24.1 Å². The standard InChI is InChI=1S/C13H19F3N2S/c1-8-6-7-11(19-8)12(18-17)9-4-2-3-5-10(9)13(14,15)16/h6-7,9-10,12,18H,2-5,17H2,1H3. The predicted octanol–water partition coefficient (Wildman–Crippen LogP) is 3.93. The molecule has 3 N–H and O–H groups in total. The summed E-state index contributed by atoms with van der Waals surface area (Å²) < 4.78 is 39.4. The van der Waals surface area contributed by atoms with Gasteiger partial charge in [-0.2, -0.15) is 13.2 Å². The average molecular weight is 292 g/mol. The first-order valence-electron chi connectivity index (χ1n) is 6.52. The Morgan fingerprint density at radius 1 is 1.32 bits per heavy atom. The fraction of sp³-hybridized carbons (Fsp3) is 0.692. The van der Waals surface area contributed by atoms with Crippen LogP contribution in [0.15, 0.2) is 12.1 Å². The van der Waals surface area contributed by atoms with Crippen LogP contribution in [-0.4, -0.2) is 6.18 Å². The highest BCUT2D eigenvalue weighted by Crippen LogP contribution is 2.47. The first-order valence-corrected chi connectivity index (χ1v) is 7.34. The largest absolute Gasteiger partial charge is 0.392 e. The maximum atomic E-state index is 13.1. The molecule has 0 bridgehead atoms. The van der Waals surface area contributed by atoms with Crippen molar-refractivity contribution in [3.63, 3.8) is 0 Å². The molecule has 108 valence electrons. The lowest BCUT2D eigenvalue weighted by molar-refractivity contribution is -0.199. The second-order valence-electron chi connectivity index (χ2n) is 5.19. The van der Waals surface area contributed by atoms with Gasteiger partial charge in [0, 0.05) is 9.75 Å². The van der Waals surface area contributed by atoms with Crippen molar-refractivity contribution < 1.29 is 13.2 Å². The van der Waals surface area contributed by atoms with E-state index in [2.05, 4.69) is 5.43 Å². The number of alkyl halides is 3. The SMILES string of the molecule is Cc1ccc(C(NN)C2CCCCC2C(F)(F)F)s1. The fourth-order valence-corrected chi connectivity index (χ4v) is 4.02. The minimum absolute atomic E-state index is 0.219. The molecule has 1 saturated carbocycles. The molecule has 2 nitrogen and oxygen atoms in total. The fourth-order valence-electron chi connectivity index (χ4n) is 3.00. The Morgan fingerprint density at radius 2 is 2.00 bits per heavy atom. The van der Waals surface area contributed by atoms with Gasteiger partial charge in [-0.1, -0.05) is 12.8 Å². The van der Waals surface area contributed by atoms with E-state index in [1.54, 1.807) is 0 Å². The van der Waals surface area contributed by atoms with E-state index in [4.69, 9.17) is 5.84 Å². The summed E-state index contributed by atoms with van der Waals surface area (Å²) in [6.07, 6.45) is -1.83. The third-order valence-electron chi connectivity index (χ3n) is 3.92. The Labute approximate surface area is 115 Å². The van der Waals surface area contributed by atoms with Crippen LogP contribution in [0, 0.1) is 18.8 Å². The Balaban J connectivity index is 2.24.